The van der Waals surface area contributed by atoms with Gasteiger partial charge in [0.15, 0.2) is 11.7 Å². The van der Waals surface area contributed by atoms with Crippen molar-refractivity contribution in [1.29, 1.82) is 0 Å². The van der Waals surface area contributed by atoms with Gasteiger partial charge in [-0.25, -0.2) is 9.98 Å². The van der Waals surface area contributed by atoms with Gasteiger partial charge in [0.2, 0.25) is 0 Å². The van der Waals surface area contributed by atoms with Crippen molar-refractivity contribution in [1.82, 2.24) is 4.98 Å². The van der Waals surface area contributed by atoms with Gasteiger partial charge in [-0.2, -0.15) is 0 Å². The number of benzene rings is 3. The average molecular weight is 366 g/mol. The number of rotatable bonds is 2. The predicted molar refractivity (Wildman–Crippen MR) is 110 cm³/mol. The maximum absolute atomic E-state index is 10.8. The summed E-state index contributed by atoms with van der Waals surface area (Å²) in [6.07, 6.45) is 0. The van der Waals surface area contributed by atoms with E-state index in [0.29, 0.717) is 17.1 Å². The van der Waals surface area contributed by atoms with Crippen LogP contribution in [0.4, 0.5) is 5.69 Å². The van der Waals surface area contributed by atoms with E-state index in [1.165, 1.54) is 0 Å². The number of anilines is 1. The molecule has 0 fully saturated rings. The molecule has 0 saturated carbocycles. The zero-order valence-electron chi connectivity index (χ0n) is 15.3. The number of aromatic amines is 1. The van der Waals surface area contributed by atoms with Crippen LogP contribution in [0, 0.1) is 6.92 Å². The van der Waals surface area contributed by atoms with Gasteiger partial charge in [0.25, 0.3) is 0 Å². The second-order valence-electron chi connectivity index (χ2n) is 6.93. The number of aromatic nitrogens is 1. The van der Waals surface area contributed by atoms with Gasteiger partial charge in [-0.05, 0) is 42.8 Å². The van der Waals surface area contributed by atoms with Gasteiger partial charge in [-0.3, -0.25) is 0 Å². The number of hydrogen-bond donors (Lipinski definition) is 3. The molecule has 1 aliphatic rings. The van der Waals surface area contributed by atoms with Crippen molar-refractivity contribution in [2.24, 2.45) is 9.98 Å². The van der Waals surface area contributed by atoms with Crippen LogP contribution in [0.2, 0.25) is 0 Å². The Labute approximate surface area is 161 Å². The lowest BCUT2D eigenvalue weighted by molar-refractivity contribution is 0.457. The van der Waals surface area contributed by atoms with Crippen molar-refractivity contribution in [3.63, 3.8) is 0 Å². The number of nitrogen functional groups attached to an aromatic ring is 1. The summed E-state index contributed by atoms with van der Waals surface area (Å²) in [4.78, 5) is 12.5. The first-order valence-electron chi connectivity index (χ1n) is 9.04. The molecule has 1 aliphatic heterocycles. The van der Waals surface area contributed by atoms with E-state index in [1.54, 1.807) is 6.07 Å². The van der Waals surface area contributed by atoms with Gasteiger partial charge < -0.3 is 15.8 Å². The summed E-state index contributed by atoms with van der Waals surface area (Å²) in [7, 11) is 0. The molecule has 0 saturated heterocycles. The van der Waals surface area contributed by atoms with Crippen molar-refractivity contribution in [3.05, 3.63) is 100.0 Å². The fraction of sp³-hybridized carbons (Fsp3) is 0.0435. The van der Waals surface area contributed by atoms with Gasteiger partial charge >= 0.3 is 0 Å². The second-order valence-corrected chi connectivity index (χ2v) is 6.93. The minimum atomic E-state index is 0.0741. The van der Waals surface area contributed by atoms with Gasteiger partial charge in [0, 0.05) is 22.2 Å². The number of nitrogens with two attached hydrogens (primary N) is 1. The maximum Gasteiger partial charge on any atom is 0.197 e. The summed E-state index contributed by atoms with van der Waals surface area (Å²) < 4.78 is 0. The smallest absolute Gasteiger partial charge is 0.197 e. The quantitative estimate of drug-likeness (QED) is 0.475. The summed E-state index contributed by atoms with van der Waals surface area (Å²) >= 11 is 0. The maximum atomic E-state index is 10.8. The Morgan fingerprint density at radius 3 is 2.29 bits per heavy atom. The highest BCUT2D eigenvalue weighted by Gasteiger charge is 2.22. The van der Waals surface area contributed by atoms with Gasteiger partial charge in [0.05, 0.1) is 16.3 Å². The first-order valence-corrected chi connectivity index (χ1v) is 9.04. The van der Waals surface area contributed by atoms with Gasteiger partial charge in [-0.1, -0.05) is 42.0 Å². The Hall–Kier alpha value is -3.86. The van der Waals surface area contributed by atoms with Crippen molar-refractivity contribution in [2.45, 2.75) is 6.92 Å². The second kappa shape index (κ2) is 6.09. The summed E-state index contributed by atoms with van der Waals surface area (Å²) in [5, 5.41) is 13.3. The third-order valence-electron chi connectivity index (χ3n) is 4.95. The lowest BCUT2D eigenvalue weighted by Gasteiger charge is -2.10. The molecule has 1 aromatic heterocycles. The number of H-pyrrole nitrogens is 1. The van der Waals surface area contributed by atoms with Crippen LogP contribution in [0.15, 0.2) is 82.5 Å². The summed E-state index contributed by atoms with van der Waals surface area (Å²) in [5.41, 5.74) is 11.0. The number of fused-ring (bicyclic) bond motifs is 2. The van der Waals surface area contributed by atoms with Crippen molar-refractivity contribution < 1.29 is 5.11 Å². The first kappa shape index (κ1) is 16.3. The molecule has 0 amide bonds. The topological polar surface area (TPSA) is 86.8 Å². The molecule has 4 aromatic rings. The highest BCUT2D eigenvalue weighted by atomic mass is 16.3. The molecule has 136 valence electrons. The van der Waals surface area contributed by atoms with E-state index >= 15 is 0 Å². The van der Waals surface area contributed by atoms with Crippen molar-refractivity contribution in [3.8, 4) is 5.88 Å². The average Bonchev–Trinajstić information content (AvgIpc) is 3.25. The summed E-state index contributed by atoms with van der Waals surface area (Å²) in [6.45, 7) is 2.04. The van der Waals surface area contributed by atoms with E-state index in [2.05, 4.69) is 4.98 Å². The highest BCUT2D eigenvalue weighted by molar-refractivity contribution is 6.01. The minimum Gasteiger partial charge on any atom is -0.494 e. The van der Waals surface area contributed by atoms with E-state index in [-0.39, 0.29) is 5.88 Å². The van der Waals surface area contributed by atoms with Crippen LogP contribution in [-0.4, -0.2) is 10.1 Å². The molecule has 5 nitrogen and oxygen atoms in total. The first-order chi connectivity index (χ1) is 13.6. The van der Waals surface area contributed by atoms with Crippen LogP contribution in [0.25, 0.3) is 16.5 Å². The number of nitrogens with zero attached hydrogens (tertiary/aromatic N) is 2. The van der Waals surface area contributed by atoms with E-state index in [1.807, 2.05) is 67.6 Å². The van der Waals surface area contributed by atoms with Crippen LogP contribution in [-0.2, 0) is 0 Å². The fourth-order valence-corrected chi connectivity index (χ4v) is 3.57. The van der Waals surface area contributed by atoms with E-state index in [0.717, 1.165) is 38.3 Å². The molecule has 28 heavy (non-hydrogen) atoms. The lowest BCUT2D eigenvalue weighted by Crippen LogP contribution is -2.19. The number of hydrogen-bond acceptors (Lipinski definition) is 4. The van der Waals surface area contributed by atoms with Gasteiger partial charge in [0.1, 0.15) is 0 Å². The molecule has 2 heterocycles. The molecule has 0 bridgehead atoms. The summed E-state index contributed by atoms with van der Waals surface area (Å²) in [6, 6.07) is 21.4. The van der Waals surface area contributed by atoms with E-state index in [9.17, 15) is 5.11 Å². The Morgan fingerprint density at radius 2 is 1.61 bits per heavy atom. The normalized spacial score (nSPS) is 12.5. The molecule has 0 spiro atoms. The van der Waals surface area contributed by atoms with Crippen LogP contribution >= 0.6 is 0 Å². The van der Waals surface area contributed by atoms with Crippen LogP contribution in [0.3, 0.4) is 0 Å². The number of para-hydroxylation sites is 2. The van der Waals surface area contributed by atoms with Crippen LogP contribution < -0.4 is 16.4 Å². The third kappa shape index (κ3) is 2.56. The Morgan fingerprint density at radius 1 is 0.929 bits per heavy atom. The van der Waals surface area contributed by atoms with Crippen molar-refractivity contribution >= 4 is 22.2 Å². The van der Waals surface area contributed by atoms with E-state index < -0.39 is 0 Å². The van der Waals surface area contributed by atoms with Crippen LogP contribution in [0.1, 0.15) is 16.7 Å². The summed E-state index contributed by atoms with van der Waals surface area (Å²) in [5.74, 6) is 0.647. The largest absolute Gasteiger partial charge is 0.494 e. The monoisotopic (exact) mass is 366 g/mol. The number of nitrogens with one attached hydrogen (secondary N) is 1. The predicted octanol–water partition coefficient (Wildman–Crippen LogP) is 3.43. The molecule has 0 radical (unpaired) electrons. The van der Waals surface area contributed by atoms with E-state index in [4.69, 9.17) is 15.7 Å². The standard InChI is InChI=1S/C23H18N4O/c1-13-6-8-14(9-7-13)20(22-25-18-4-2-3-5-19(18)26-22)21-16-12-15(24)10-11-17(16)27-23(21)28/h2-12,27-28H,24H2,1H3. The third-order valence-corrected chi connectivity index (χ3v) is 4.95. The molecule has 3 aromatic carbocycles. The molecule has 5 heteroatoms. The number of aryl methyl sites for hydroxylation is 1. The van der Waals surface area contributed by atoms with Gasteiger partial charge in [-0.15, -0.1) is 0 Å². The van der Waals surface area contributed by atoms with Crippen LogP contribution in [0.5, 0.6) is 5.88 Å². The molecule has 5 rings (SSSR count). The molecule has 0 aliphatic carbocycles. The molecule has 0 unspecified atom stereocenters. The Balaban J connectivity index is 1.88. The SMILES string of the molecule is Cc1ccc(C(=C2N=c3ccccc3=N2)c2c(O)[nH]c3ccc(N)cc23)cc1. The Bertz CT molecular complexity index is 1340. The highest BCUT2D eigenvalue weighted by Crippen LogP contribution is 2.39. The minimum absolute atomic E-state index is 0.0741. The molecular formula is C23H18N4O. The molecule has 0 atom stereocenters. The van der Waals surface area contributed by atoms with Crippen molar-refractivity contribution in [2.75, 3.05) is 5.73 Å². The Kier molecular flexibility index (Phi) is 3.55. The molecular weight excluding hydrogens is 348 g/mol. The zero-order valence-corrected chi connectivity index (χ0v) is 15.3. The fourth-order valence-electron chi connectivity index (χ4n) is 3.57. The zero-order chi connectivity index (χ0) is 19.3. The number of aromatic hydroxyl groups is 1. The lowest BCUT2D eigenvalue weighted by atomic mass is 9.96. The molecule has 4 N–H and O–H groups in total.